The molecule has 0 radical (unpaired) electrons. The second-order valence-electron chi connectivity index (χ2n) is 7.57. The molecule has 1 heterocycles. The summed E-state index contributed by atoms with van der Waals surface area (Å²) in [7, 11) is 1.63. The van der Waals surface area contributed by atoms with Gasteiger partial charge in [-0.2, -0.15) is 0 Å². The molecule has 0 saturated carbocycles. The van der Waals surface area contributed by atoms with Crippen LogP contribution in [0.2, 0.25) is 0 Å². The van der Waals surface area contributed by atoms with Crippen LogP contribution in [0, 0.1) is 0 Å². The van der Waals surface area contributed by atoms with E-state index < -0.39 is 0 Å². The SMILES string of the molecule is CCCCCC(=O)Nc1ccc(C(=O)CSc2nnc(-c3ccc(OC)cc3)n2CC)cc1. The molecular weight excluding hydrogens is 436 g/mol. The number of ketones is 1. The number of unbranched alkanes of at least 4 members (excludes halogenated alkanes) is 2. The van der Waals surface area contributed by atoms with E-state index in [1.165, 1.54) is 11.8 Å². The molecule has 3 aromatic rings. The van der Waals surface area contributed by atoms with Gasteiger partial charge in [-0.3, -0.25) is 9.59 Å². The van der Waals surface area contributed by atoms with E-state index in [0.29, 0.717) is 29.4 Å². The van der Waals surface area contributed by atoms with Crippen molar-refractivity contribution in [3.05, 3.63) is 54.1 Å². The highest BCUT2D eigenvalue weighted by Gasteiger charge is 2.15. The van der Waals surface area contributed by atoms with Crippen molar-refractivity contribution in [2.75, 3.05) is 18.2 Å². The summed E-state index contributed by atoms with van der Waals surface area (Å²) in [4.78, 5) is 24.7. The molecule has 3 rings (SSSR count). The van der Waals surface area contributed by atoms with Crippen molar-refractivity contribution in [3.8, 4) is 17.1 Å². The fourth-order valence-electron chi connectivity index (χ4n) is 3.35. The Kier molecular flexibility index (Phi) is 9.06. The van der Waals surface area contributed by atoms with Crippen molar-refractivity contribution in [2.24, 2.45) is 0 Å². The van der Waals surface area contributed by atoms with E-state index >= 15 is 0 Å². The van der Waals surface area contributed by atoms with Gasteiger partial charge in [-0.15, -0.1) is 10.2 Å². The number of rotatable bonds is 12. The number of amides is 1. The predicted molar refractivity (Wildman–Crippen MR) is 132 cm³/mol. The zero-order valence-corrected chi connectivity index (χ0v) is 20.2. The van der Waals surface area contributed by atoms with E-state index in [2.05, 4.69) is 22.4 Å². The largest absolute Gasteiger partial charge is 0.497 e. The van der Waals surface area contributed by atoms with Crippen LogP contribution in [0.4, 0.5) is 5.69 Å². The summed E-state index contributed by atoms with van der Waals surface area (Å²) in [5.41, 5.74) is 2.25. The van der Waals surface area contributed by atoms with Crippen LogP contribution in [0.3, 0.4) is 0 Å². The van der Waals surface area contributed by atoms with Gasteiger partial charge in [0, 0.05) is 29.8 Å². The summed E-state index contributed by atoms with van der Waals surface area (Å²) in [6.45, 7) is 4.83. The third kappa shape index (κ3) is 6.68. The van der Waals surface area contributed by atoms with Gasteiger partial charge >= 0.3 is 0 Å². The van der Waals surface area contributed by atoms with Crippen molar-refractivity contribution < 1.29 is 14.3 Å². The normalized spacial score (nSPS) is 10.8. The second-order valence-corrected chi connectivity index (χ2v) is 8.52. The number of ether oxygens (including phenoxy) is 1. The zero-order valence-electron chi connectivity index (χ0n) is 19.3. The summed E-state index contributed by atoms with van der Waals surface area (Å²) in [5.74, 6) is 1.79. The van der Waals surface area contributed by atoms with Gasteiger partial charge in [-0.25, -0.2) is 0 Å². The van der Waals surface area contributed by atoms with Crippen LogP contribution in [0.5, 0.6) is 5.75 Å². The average molecular weight is 467 g/mol. The molecule has 0 spiro atoms. The predicted octanol–water partition coefficient (Wildman–Crippen LogP) is 5.47. The Hall–Kier alpha value is -3.13. The number of anilines is 1. The Morgan fingerprint density at radius 3 is 2.36 bits per heavy atom. The summed E-state index contributed by atoms with van der Waals surface area (Å²) in [6.07, 6.45) is 3.53. The molecule has 0 unspecified atom stereocenters. The molecule has 2 aromatic carbocycles. The number of carbonyl (C=O) groups excluding carboxylic acids is 2. The van der Waals surface area contributed by atoms with E-state index in [9.17, 15) is 9.59 Å². The Morgan fingerprint density at radius 2 is 1.73 bits per heavy atom. The number of thioether (sulfide) groups is 1. The van der Waals surface area contributed by atoms with Gasteiger partial charge in [0.25, 0.3) is 0 Å². The lowest BCUT2D eigenvalue weighted by molar-refractivity contribution is -0.116. The van der Waals surface area contributed by atoms with Crippen molar-refractivity contribution >= 4 is 29.1 Å². The van der Waals surface area contributed by atoms with Crippen molar-refractivity contribution in [2.45, 2.75) is 51.2 Å². The van der Waals surface area contributed by atoms with Gasteiger partial charge in [0.1, 0.15) is 5.75 Å². The van der Waals surface area contributed by atoms with E-state index in [-0.39, 0.29) is 17.4 Å². The molecule has 7 nitrogen and oxygen atoms in total. The van der Waals surface area contributed by atoms with Crippen molar-refractivity contribution in [3.63, 3.8) is 0 Å². The first-order valence-corrected chi connectivity index (χ1v) is 12.2. The standard InChI is InChI=1S/C25H30N4O3S/c1-4-6-7-8-23(31)26-20-13-9-18(10-14-20)22(30)17-33-25-28-27-24(29(25)5-2)19-11-15-21(32-3)16-12-19/h9-16H,4-8,17H2,1-3H3,(H,26,31). The number of Topliss-reactive ketones (excluding diaryl/α,β-unsaturated/α-hetero) is 1. The van der Waals surface area contributed by atoms with Gasteiger partial charge < -0.3 is 14.6 Å². The minimum Gasteiger partial charge on any atom is -0.497 e. The fourth-order valence-corrected chi connectivity index (χ4v) is 4.24. The van der Waals surface area contributed by atoms with Crippen LogP contribution >= 0.6 is 11.8 Å². The molecule has 0 aliphatic heterocycles. The van der Waals surface area contributed by atoms with Crippen LogP contribution < -0.4 is 10.1 Å². The summed E-state index contributed by atoms with van der Waals surface area (Å²) < 4.78 is 7.21. The topological polar surface area (TPSA) is 86.1 Å². The maximum atomic E-state index is 12.7. The molecule has 1 aromatic heterocycles. The van der Waals surface area contributed by atoms with Crippen LogP contribution in [0.15, 0.2) is 53.7 Å². The van der Waals surface area contributed by atoms with Crippen LogP contribution in [-0.4, -0.2) is 39.3 Å². The van der Waals surface area contributed by atoms with E-state index in [0.717, 1.165) is 36.4 Å². The van der Waals surface area contributed by atoms with Crippen molar-refractivity contribution in [1.29, 1.82) is 0 Å². The zero-order chi connectivity index (χ0) is 23.6. The number of nitrogens with one attached hydrogen (secondary N) is 1. The van der Waals surface area contributed by atoms with Gasteiger partial charge in [0.15, 0.2) is 16.8 Å². The summed E-state index contributed by atoms with van der Waals surface area (Å²) >= 11 is 1.37. The number of hydrogen-bond acceptors (Lipinski definition) is 6. The molecule has 0 bridgehead atoms. The smallest absolute Gasteiger partial charge is 0.224 e. The highest BCUT2D eigenvalue weighted by molar-refractivity contribution is 7.99. The van der Waals surface area contributed by atoms with E-state index in [4.69, 9.17) is 4.74 Å². The van der Waals surface area contributed by atoms with E-state index in [1.807, 2.05) is 35.8 Å². The Labute approximate surface area is 198 Å². The number of aromatic nitrogens is 3. The molecule has 33 heavy (non-hydrogen) atoms. The molecule has 8 heteroatoms. The molecule has 174 valence electrons. The minimum atomic E-state index is -0.00234. The lowest BCUT2D eigenvalue weighted by Crippen LogP contribution is -2.11. The second kappa shape index (κ2) is 12.2. The Balaban J connectivity index is 1.59. The maximum Gasteiger partial charge on any atom is 0.224 e. The monoisotopic (exact) mass is 466 g/mol. The molecular formula is C25H30N4O3S. The summed E-state index contributed by atoms with van der Waals surface area (Å²) in [6, 6.07) is 14.7. The van der Waals surface area contributed by atoms with E-state index in [1.54, 1.807) is 31.4 Å². The van der Waals surface area contributed by atoms with Crippen LogP contribution in [-0.2, 0) is 11.3 Å². The number of nitrogens with zero attached hydrogens (tertiary/aromatic N) is 3. The molecule has 0 saturated heterocycles. The molecule has 0 atom stereocenters. The van der Waals surface area contributed by atoms with Gasteiger partial charge in [0.05, 0.1) is 12.9 Å². The highest BCUT2D eigenvalue weighted by Crippen LogP contribution is 2.26. The first kappa shape index (κ1) is 24.5. The lowest BCUT2D eigenvalue weighted by atomic mass is 10.1. The number of hydrogen-bond donors (Lipinski definition) is 1. The molecule has 0 aliphatic carbocycles. The number of carbonyl (C=O) groups is 2. The minimum absolute atomic E-state index is 0.00234. The first-order chi connectivity index (χ1) is 16.0. The van der Waals surface area contributed by atoms with Crippen molar-refractivity contribution in [1.82, 2.24) is 14.8 Å². The molecule has 0 fully saturated rings. The Bertz CT molecular complexity index is 1060. The fraction of sp³-hybridized carbons (Fsp3) is 0.360. The third-order valence-electron chi connectivity index (χ3n) is 5.21. The van der Waals surface area contributed by atoms with Gasteiger partial charge in [-0.1, -0.05) is 31.5 Å². The maximum absolute atomic E-state index is 12.7. The third-order valence-corrected chi connectivity index (χ3v) is 6.18. The quantitative estimate of drug-likeness (QED) is 0.216. The number of benzene rings is 2. The van der Waals surface area contributed by atoms with Crippen LogP contribution in [0.1, 0.15) is 49.9 Å². The molecule has 1 amide bonds. The molecule has 1 N–H and O–H groups in total. The molecule has 0 aliphatic rings. The lowest BCUT2D eigenvalue weighted by Gasteiger charge is -2.08. The first-order valence-electron chi connectivity index (χ1n) is 11.2. The van der Waals surface area contributed by atoms with Gasteiger partial charge in [0.2, 0.25) is 5.91 Å². The number of methoxy groups -OCH3 is 1. The highest BCUT2D eigenvalue weighted by atomic mass is 32.2. The van der Waals surface area contributed by atoms with Gasteiger partial charge in [-0.05, 0) is 61.9 Å². The summed E-state index contributed by atoms with van der Waals surface area (Å²) in [5, 5.41) is 12.2. The van der Waals surface area contributed by atoms with Crippen LogP contribution in [0.25, 0.3) is 11.4 Å². The Morgan fingerprint density at radius 1 is 1.00 bits per heavy atom. The average Bonchev–Trinajstić information content (AvgIpc) is 3.26.